The number of fused-ring (bicyclic) bond motifs is 2. The second-order valence-corrected chi connectivity index (χ2v) is 6.79. The van der Waals surface area contributed by atoms with E-state index in [4.69, 9.17) is 0 Å². The second kappa shape index (κ2) is 4.92. The molecule has 1 aliphatic rings. The maximum Gasteiger partial charge on any atom is 0.287 e. The second-order valence-electron chi connectivity index (χ2n) is 5.76. The summed E-state index contributed by atoms with van der Waals surface area (Å²) < 4.78 is 1.06. The maximum atomic E-state index is 12.8. The predicted molar refractivity (Wildman–Crippen MR) is 90.9 cm³/mol. The first-order chi connectivity index (χ1) is 10.6. The van der Waals surface area contributed by atoms with Gasteiger partial charge in [0.15, 0.2) is 5.01 Å². The molecule has 0 bridgehead atoms. The Morgan fingerprint density at radius 2 is 1.95 bits per heavy atom. The van der Waals surface area contributed by atoms with Crippen molar-refractivity contribution in [2.45, 2.75) is 20.3 Å². The van der Waals surface area contributed by atoms with Crippen LogP contribution in [0.5, 0.6) is 0 Å². The highest BCUT2D eigenvalue weighted by Gasteiger charge is 2.28. The van der Waals surface area contributed by atoms with Crippen LogP contribution in [0.25, 0.3) is 10.2 Å². The number of hydrogen-bond acceptors (Lipinski definition) is 3. The number of aryl methyl sites for hydroxylation is 2. The lowest BCUT2D eigenvalue weighted by Gasteiger charge is -2.16. The highest BCUT2D eigenvalue weighted by Crippen LogP contribution is 2.33. The number of carbonyl (C=O) groups is 1. The minimum atomic E-state index is 0.0169. The van der Waals surface area contributed by atoms with Gasteiger partial charge < -0.3 is 4.90 Å². The molecule has 3 aromatic rings. The van der Waals surface area contributed by atoms with Crippen molar-refractivity contribution in [1.82, 2.24) is 4.98 Å². The summed E-state index contributed by atoms with van der Waals surface area (Å²) in [6.45, 7) is 4.95. The fraction of sp³-hybridized carbons (Fsp3) is 0.222. The van der Waals surface area contributed by atoms with Crippen molar-refractivity contribution in [2.75, 3.05) is 11.4 Å². The van der Waals surface area contributed by atoms with Crippen molar-refractivity contribution in [1.29, 1.82) is 0 Å². The molecule has 0 saturated heterocycles. The van der Waals surface area contributed by atoms with Crippen molar-refractivity contribution >= 4 is 33.1 Å². The zero-order valence-corrected chi connectivity index (χ0v) is 13.4. The summed E-state index contributed by atoms with van der Waals surface area (Å²) in [5.41, 5.74) is 5.72. The molecule has 110 valence electrons. The van der Waals surface area contributed by atoms with Crippen LogP contribution in [0.2, 0.25) is 0 Å². The molecule has 3 nitrogen and oxygen atoms in total. The maximum absolute atomic E-state index is 12.8. The molecule has 1 aliphatic heterocycles. The third-order valence-electron chi connectivity index (χ3n) is 4.31. The molecule has 0 atom stereocenters. The van der Waals surface area contributed by atoms with E-state index < -0.39 is 0 Å². The highest BCUT2D eigenvalue weighted by atomic mass is 32.1. The number of thiazole rings is 1. The van der Waals surface area contributed by atoms with Gasteiger partial charge in [-0.1, -0.05) is 18.2 Å². The summed E-state index contributed by atoms with van der Waals surface area (Å²) in [6, 6.07) is 12.2. The van der Waals surface area contributed by atoms with Gasteiger partial charge in [0, 0.05) is 12.2 Å². The Morgan fingerprint density at radius 3 is 2.77 bits per heavy atom. The highest BCUT2D eigenvalue weighted by molar-refractivity contribution is 7.20. The van der Waals surface area contributed by atoms with Crippen LogP contribution in [0.4, 0.5) is 5.69 Å². The van der Waals surface area contributed by atoms with E-state index in [0.717, 1.165) is 28.9 Å². The van der Waals surface area contributed by atoms with Gasteiger partial charge in [0.05, 0.1) is 10.2 Å². The number of rotatable bonds is 1. The SMILES string of the molecule is Cc1cc2c(cc1C)N(C(=O)c1nc3ccccc3s1)CC2. The summed E-state index contributed by atoms with van der Waals surface area (Å²) >= 11 is 1.47. The first kappa shape index (κ1) is 13.5. The number of hydrogen-bond donors (Lipinski definition) is 0. The van der Waals surface area contributed by atoms with Crippen LogP contribution in [-0.2, 0) is 6.42 Å². The molecule has 1 amide bonds. The third-order valence-corrected chi connectivity index (χ3v) is 5.34. The number of nitrogens with zero attached hydrogens (tertiary/aromatic N) is 2. The molecule has 0 unspecified atom stereocenters. The van der Waals surface area contributed by atoms with Crippen molar-refractivity contribution in [3.63, 3.8) is 0 Å². The summed E-state index contributed by atoms with van der Waals surface area (Å²) in [5.74, 6) is 0.0169. The Kier molecular flexibility index (Phi) is 3.01. The summed E-state index contributed by atoms with van der Waals surface area (Å²) in [6.07, 6.45) is 0.924. The van der Waals surface area contributed by atoms with Gasteiger partial charge in [-0.15, -0.1) is 11.3 Å². The zero-order valence-electron chi connectivity index (χ0n) is 12.6. The molecule has 0 saturated carbocycles. The van der Waals surface area contributed by atoms with Gasteiger partial charge >= 0.3 is 0 Å². The van der Waals surface area contributed by atoms with Crippen molar-refractivity contribution in [2.24, 2.45) is 0 Å². The Morgan fingerprint density at radius 1 is 1.18 bits per heavy atom. The van der Waals surface area contributed by atoms with Crippen LogP contribution >= 0.6 is 11.3 Å². The molecular formula is C18H16N2OS. The minimum absolute atomic E-state index is 0.0169. The summed E-state index contributed by atoms with van der Waals surface area (Å²) in [5, 5.41) is 0.576. The molecular weight excluding hydrogens is 292 g/mol. The zero-order chi connectivity index (χ0) is 15.3. The number of para-hydroxylation sites is 1. The van der Waals surface area contributed by atoms with Crippen LogP contribution in [0.3, 0.4) is 0 Å². The molecule has 2 heterocycles. The standard InChI is InChI=1S/C18H16N2OS/c1-11-9-13-7-8-20(15(13)10-12(11)2)18(21)17-19-14-5-3-4-6-16(14)22-17/h3-6,9-10H,7-8H2,1-2H3. The largest absolute Gasteiger partial charge is 0.306 e. The Labute approximate surface area is 133 Å². The quantitative estimate of drug-likeness (QED) is 0.677. The molecule has 2 aromatic carbocycles. The first-order valence-corrected chi connectivity index (χ1v) is 8.23. The minimum Gasteiger partial charge on any atom is -0.306 e. The van der Waals surface area contributed by atoms with E-state index >= 15 is 0 Å². The van der Waals surface area contributed by atoms with Gasteiger partial charge in [0.2, 0.25) is 0 Å². The van der Waals surface area contributed by atoms with E-state index in [1.54, 1.807) is 0 Å². The van der Waals surface area contributed by atoms with Gasteiger partial charge in [-0.2, -0.15) is 0 Å². The average Bonchev–Trinajstić information content (AvgIpc) is 3.11. The van der Waals surface area contributed by atoms with Crippen LogP contribution in [-0.4, -0.2) is 17.4 Å². The topological polar surface area (TPSA) is 33.2 Å². The fourth-order valence-electron chi connectivity index (χ4n) is 2.96. The van der Waals surface area contributed by atoms with E-state index in [9.17, 15) is 4.79 Å². The van der Waals surface area contributed by atoms with E-state index in [0.29, 0.717) is 5.01 Å². The van der Waals surface area contributed by atoms with Gasteiger partial charge in [-0.25, -0.2) is 4.98 Å². The number of anilines is 1. The molecule has 0 radical (unpaired) electrons. The molecule has 22 heavy (non-hydrogen) atoms. The van der Waals surface area contributed by atoms with Crippen LogP contribution in [0.1, 0.15) is 26.5 Å². The molecule has 0 N–H and O–H groups in total. The van der Waals surface area contributed by atoms with E-state index in [-0.39, 0.29) is 5.91 Å². The van der Waals surface area contributed by atoms with Crippen molar-refractivity contribution in [3.05, 3.63) is 58.1 Å². The Hall–Kier alpha value is -2.20. The molecule has 1 aromatic heterocycles. The van der Waals surface area contributed by atoms with Gasteiger partial charge in [-0.05, 0) is 55.2 Å². The third kappa shape index (κ3) is 2.03. The number of carbonyl (C=O) groups excluding carboxylic acids is 1. The normalized spacial score (nSPS) is 13.6. The summed E-state index contributed by atoms with van der Waals surface area (Å²) in [7, 11) is 0. The van der Waals surface area contributed by atoms with Crippen molar-refractivity contribution < 1.29 is 4.79 Å². The molecule has 0 fully saturated rings. The number of benzene rings is 2. The van der Waals surface area contributed by atoms with Gasteiger partial charge in [-0.3, -0.25) is 4.79 Å². The van der Waals surface area contributed by atoms with Crippen LogP contribution in [0, 0.1) is 13.8 Å². The molecule has 4 rings (SSSR count). The van der Waals surface area contributed by atoms with Gasteiger partial charge in [0.1, 0.15) is 0 Å². The van der Waals surface area contributed by atoms with E-state index in [2.05, 4.69) is 31.0 Å². The number of amides is 1. The monoisotopic (exact) mass is 308 g/mol. The van der Waals surface area contributed by atoms with Gasteiger partial charge in [0.25, 0.3) is 5.91 Å². The number of aromatic nitrogens is 1. The smallest absolute Gasteiger partial charge is 0.287 e. The summed E-state index contributed by atoms with van der Waals surface area (Å²) in [4.78, 5) is 19.2. The lowest BCUT2D eigenvalue weighted by atomic mass is 10.0. The average molecular weight is 308 g/mol. The van der Waals surface area contributed by atoms with E-state index in [1.807, 2.05) is 29.2 Å². The predicted octanol–water partition coefficient (Wildman–Crippen LogP) is 4.12. The van der Waals surface area contributed by atoms with Crippen LogP contribution in [0.15, 0.2) is 36.4 Å². The lowest BCUT2D eigenvalue weighted by Crippen LogP contribution is -2.28. The molecule has 0 spiro atoms. The van der Waals surface area contributed by atoms with E-state index in [1.165, 1.54) is 28.0 Å². The van der Waals surface area contributed by atoms with Crippen molar-refractivity contribution in [3.8, 4) is 0 Å². The Balaban J connectivity index is 1.74. The van der Waals surface area contributed by atoms with Crippen LogP contribution < -0.4 is 4.90 Å². The molecule has 0 aliphatic carbocycles. The Bertz CT molecular complexity index is 864. The molecule has 4 heteroatoms. The lowest BCUT2D eigenvalue weighted by molar-refractivity contribution is 0.0989. The first-order valence-electron chi connectivity index (χ1n) is 7.41. The fourth-order valence-corrected chi connectivity index (χ4v) is 3.87.